The normalized spacial score (nSPS) is 19.3. The van der Waals surface area contributed by atoms with Crippen LogP contribution in [0.25, 0.3) is 33.3 Å². The number of hydrogen-bond donors (Lipinski definition) is 1. The quantitative estimate of drug-likeness (QED) is 0.528. The second-order valence-corrected chi connectivity index (χ2v) is 8.34. The lowest BCUT2D eigenvalue weighted by molar-refractivity contribution is -0.127. The topological polar surface area (TPSA) is 105 Å². The molecule has 5 heterocycles. The van der Waals surface area contributed by atoms with Crippen molar-refractivity contribution < 1.29 is 9.53 Å². The molecule has 0 saturated carbocycles. The van der Waals surface area contributed by atoms with Crippen LogP contribution in [0.5, 0.6) is 0 Å². The minimum Gasteiger partial charge on any atom is -0.378 e. The van der Waals surface area contributed by atoms with E-state index in [-0.39, 0.29) is 11.9 Å². The third kappa shape index (κ3) is 3.18. The van der Waals surface area contributed by atoms with Crippen LogP contribution in [0.3, 0.4) is 0 Å². The molecule has 2 aliphatic rings. The number of morpholine rings is 1. The Morgan fingerprint density at radius 2 is 2.06 bits per heavy atom. The molecule has 2 fully saturated rings. The predicted octanol–water partition coefficient (Wildman–Crippen LogP) is 2.00. The molecule has 0 radical (unpaired) electrons. The van der Waals surface area contributed by atoms with Crippen molar-refractivity contribution in [2.24, 2.45) is 0 Å². The van der Waals surface area contributed by atoms with Crippen molar-refractivity contribution in [3.8, 4) is 11.3 Å². The summed E-state index contributed by atoms with van der Waals surface area (Å²) in [6, 6.07) is 6.21. The van der Waals surface area contributed by atoms with Gasteiger partial charge in [0.05, 0.1) is 53.9 Å². The van der Waals surface area contributed by atoms with Gasteiger partial charge in [-0.25, -0.2) is 14.6 Å². The number of likely N-dealkylation sites (tertiary alicyclic amines) is 1. The Labute approximate surface area is 184 Å². The fraction of sp³-hybridized carbons (Fsp3) is 0.409. The lowest BCUT2D eigenvalue weighted by Crippen LogP contribution is -2.37. The number of nitrogens with one attached hydrogen (secondary N) is 1. The Kier molecular flexibility index (Phi) is 4.53. The van der Waals surface area contributed by atoms with Gasteiger partial charge in [0, 0.05) is 38.7 Å². The number of carbonyl (C=O) groups excluding carboxylic acids is 1. The van der Waals surface area contributed by atoms with Crippen molar-refractivity contribution in [2.45, 2.75) is 19.4 Å². The lowest BCUT2D eigenvalue weighted by atomic mass is 10.1. The fourth-order valence-electron chi connectivity index (χ4n) is 4.62. The zero-order valence-electron chi connectivity index (χ0n) is 17.9. The number of nitrogens with zero attached hydrogens (tertiary/aromatic N) is 7. The molecule has 1 N–H and O–H groups in total. The summed E-state index contributed by atoms with van der Waals surface area (Å²) in [5, 5.41) is 5.61. The summed E-state index contributed by atoms with van der Waals surface area (Å²) in [6.07, 6.45) is 4.41. The lowest BCUT2D eigenvalue weighted by Gasteiger charge is -2.27. The van der Waals surface area contributed by atoms with Crippen LogP contribution in [0.4, 0.5) is 5.95 Å². The number of H-pyrrole nitrogens is 1. The molecule has 4 aromatic rings. The first-order valence-corrected chi connectivity index (χ1v) is 10.9. The van der Waals surface area contributed by atoms with Crippen LogP contribution < -0.4 is 4.90 Å². The minimum absolute atomic E-state index is 0.0983. The first kappa shape index (κ1) is 19.2. The van der Waals surface area contributed by atoms with Gasteiger partial charge in [-0.2, -0.15) is 10.1 Å². The third-order valence-electron chi connectivity index (χ3n) is 6.38. The highest BCUT2D eigenvalue weighted by Gasteiger charge is 2.29. The average Bonchev–Trinajstić information content (AvgIpc) is 3.57. The molecule has 6 rings (SSSR count). The van der Waals surface area contributed by atoms with Crippen molar-refractivity contribution >= 4 is 33.9 Å². The maximum atomic E-state index is 11.9. The van der Waals surface area contributed by atoms with Gasteiger partial charge in [0.15, 0.2) is 5.65 Å². The van der Waals surface area contributed by atoms with E-state index < -0.39 is 0 Å². The van der Waals surface area contributed by atoms with E-state index in [4.69, 9.17) is 19.8 Å². The molecule has 3 aromatic heterocycles. The molecule has 164 valence electrons. The first-order valence-electron chi connectivity index (χ1n) is 10.9. The Hall–Kier alpha value is -3.53. The summed E-state index contributed by atoms with van der Waals surface area (Å²) in [5.74, 6) is 0.782. The van der Waals surface area contributed by atoms with Crippen LogP contribution in [0.2, 0.25) is 0 Å². The van der Waals surface area contributed by atoms with Crippen LogP contribution in [0.15, 0.2) is 30.7 Å². The van der Waals surface area contributed by atoms with Gasteiger partial charge in [-0.05, 0) is 18.6 Å². The number of amides is 1. The number of benzene rings is 1. The number of anilines is 1. The monoisotopic (exact) mass is 432 g/mol. The molecule has 10 heteroatoms. The largest absolute Gasteiger partial charge is 0.378 e. The minimum atomic E-state index is 0.0983. The summed E-state index contributed by atoms with van der Waals surface area (Å²) in [7, 11) is 0. The number of aromatic nitrogens is 6. The van der Waals surface area contributed by atoms with E-state index in [1.54, 1.807) is 13.3 Å². The van der Waals surface area contributed by atoms with Gasteiger partial charge in [-0.15, -0.1) is 0 Å². The van der Waals surface area contributed by atoms with Gasteiger partial charge in [0.25, 0.3) is 0 Å². The third-order valence-corrected chi connectivity index (χ3v) is 6.38. The van der Waals surface area contributed by atoms with E-state index in [9.17, 15) is 4.79 Å². The van der Waals surface area contributed by atoms with E-state index in [2.05, 4.69) is 20.9 Å². The molecular formula is C22H24N8O2. The zero-order chi connectivity index (χ0) is 21.7. The van der Waals surface area contributed by atoms with E-state index in [1.165, 1.54) is 0 Å². The Morgan fingerprint density at radius 3 is 2.88 bits per heavy atom. The molecular weight excluding hydrogens is 408 g/mol. The van der Waals surface area contributed by atoms with Gasteiger partial charge in [0.2, 0.25) is 11.9 Å². The van der Waals surface area contributed by atoms with Gasteiger partial charge in [0.1, 0.15) is 0 Å². The Balaban J connectivity index is 1.50. The molecule has 0 aliphatic carbocycles. The summed E-state index contributed by atoms with van der Waals surface area (Å²) < 4.78 is 7.50. The molecule has 0 bridgehead atoms. The highest BCUT2D eigenvalue weighted by Crippen LogP contribution is 2.32. The number of ether oxygens (including phenoxy) is 1. The molecule has 2 aliphatic heterocycles. The second kappa shape index (κ2) is 7.56. The molecule has 2 saturated heterocycles. The smallest absolute Gasteiger partial charge is 0.228 e. The summed E-state index contributed by atoms with van der Waals surface area (Å²) >= 11 is 0. The number of aromatic amines is 1. The van der Waals surface area contributed by atoms with E-state index in [0.717, 1.165) is 59.4 Å². The van der Waals surface area contributed by atoms with Gasteiger partial charge in [-0.3, -0.25) is 4.79 Å². The summed E-state index contributed by atoms with van der Waals surface area (Å²) in [6.45, 7) is 5.83. The van der Waals surface area contributed by atoms with Crippen molar-refractivity contribution in [3.05, 3.63) is 30.7 Å². The molecule has 1 atom stereocenters. The molecule has 32 heavy (non-hydrogen) atoms. The number of carbonyl (C=O) groups is 1. The molecule has 10 nitrogen and oxygen atoms in total. The van der Waals surface area contributed by atoms with Crippen LogP contribution in [-0.2, 0) is 9.53 Å². The van der Waals surface area contributed by atoms with Crippen LogP contribution in [-0.4, -0.2) is 79.9 Å². The number of imidazole rings is 1. The van der Waals surface area contributed by atoms with E-state index >= 15 is 0 Å². The maximum absolute atomic E-state index is 11.9. The van der Waals surface area contributed by atoms with Crippen molar-refractivity contribution in [2.75, 3.05) is 44.3 Å². The van der Waals surface area contributed by atoms with Crippen molar-refractivity contribution in [3.63, 3.8) is 0 Å². The maximum Gasteiger partial charge on any atom is 0.228 e. The van der Waals surface area contributed by atoms with Crippen molar-refractivity contribution in [1.82, 2.24) is 34.6 Å². The summed E-state index contributed by atoms with van der Waals surface area (Å²) in [5.41, 5.74) is 4.51. The molecule has 1 aromatic carbocycles. The van der Waals surface area contributed by atoms with Crippen LogP contribution in [0, 0.1) is 0 Å². The Bertz CT molecular complexity index is 1310. The second-order valence-electron chi connectivity index (χ2n) is 8.34. The van der Waals surface area contributed by atoms with Gasteiger partial charge in [-0.1, -0.05) is 6.07 Å². The Morgan fingerprint density at radius 1 is 1.19 bits per heavy atom. The highest BCUT2D eigenvalue weighted by atomic mass is 16.5. The zero-order valence-corrected chi connectivity index (χ0v) is 17.9. The highest BCUT2D eigenvalue weighted by molar-refractivity contribution is 5.93. The standard InChI is InChI=1S/C22H24N8O2/c1-14(31)29-5-4-16(12-29)30-21-17(11-25-30)20(15-2-3-18-19(10-15)24-13-23-18)26-22(27-21)28-6-8-32-9-7-28/h2-3,10-11,13,16H,4-9,12H2,1H3,(H,23,24). The van der Waals surface area contributed by atoms with Crippen LogP contribution in [0.1, 0.15) is 19.4 Å². The summed E-state index contributed by atoms with van der Waals surface area (Å²) in [4.78, 5) is 33.3. The van der Waals surface area contributed by atoms with Crippen molar-refractivity contribution in [1.29, 1.82) is 0 Å². The molecule has 1 unspecified atom stereocenters. The molecule has 0 spiro atoms. The average molecular weight is 432 g/mol. The molecule has 1 amide bonds. The predicted molar refractivity (Wildman–Crippen MR) is 119 cm³/mol. The van der Waals surface area contributed by atoms with E-state index in [1.807, 2.05) is 27.9 Å². The fourth-order valence-corrected chi connectivity index (χ4v) is 4.62. The SMILES string of the molecule is CC(=O)N1CCC(n2ncc3c(-c4ccc5nc[nH]c5c4)nc(N4CCOCC4)nc32)C1. The van der Waals surface area contributed by atoms with Gasteiger partial charge < -0.3 is 19.5 Å². The number of rotatable bonds is 3. The van der Waals surface area contributed by atoms with Crippen LogP contribution >= 0.6 is 0 Å². The van der Waals surface area contributed by atoms with E-state index in [0.29, 0.717) is 25.7 Å². The number of hydrogen-bond acceptors (Lipinski definition) is 7. The number of fused-ring (bicyclic) bond motifs is 2. The van der Waals surface area contributed by atoms with Gasteiger partial charge >= 0.3 is 0 Å². The first-order chi connectivity index (χ1) is 15.7.